The second kappa shape index (κ2) is 16.6. The number of unbranched alkanes of at least 4 members (excludes halogenated alkanes) is 6. The van der Waals surface area contributed by atoms with E-state index < -0.39 is 0 Å². The third kappa shape index (κ3) is 15.6. The molecule has 0 N–H and O–H groups in total. The van der Waals surface area contributed by atoms with E-state index in [2.05, 4.69) is 0 Å². The predicted octanol–water partition coefficient (Wildman–Crippen LogP) is 4.62. The molecule has 0 aromatic heterocycles. The molecule has 130 valence electrons. The highest BCUT2D eigenvalue weighted by Gasteiger charge is 2.05. The van der Waals surface area contributed by atoms with E-state index in [9.17, 15) is 9.59 Å². The normalized spacial score (nSPS) is 10.5. The smallest absolute Gasteiger partial charge is 0.305 e. The minimum atomic E-state index is -0.176. The summed E-state index contributed by atoms with van der Waals surface area (Å²) in [4.78, 5) is 22.7. The lowest BCUT2D eigenvalue weighted by atomic mass is 10.1. The molecule has 0 rings (SSSR count). The van der Waals surface area contributed by atoms with E-state index in [1.54, 1.807) is 0 Å². The first-order valence-electron chi connectivity index (χ1n) is 8.58. The number of carbonyl (C=O) groups excluding carboxylic acids is 2. The van der Waals surface area contributed by atoms with E-state index in [-0.39, 0.29) is 11.9 Å². The first-order chi connectivity index (χ1) is 10.7. The van der Waals surface area contributed by atoms with Gasteiger partial charge in [0.1, 0.15) is 0 Å². The van der Waals surface area contributed by atoms with Crippen LogP contribution in [0.4, 0.5) is 0 Å². The molecule has 0 aromatic rings. The average molecular weight is 335 g/mol. The van der Waals surface area contributed by atoms with Crippen LogP contribution in [0.1, 0.15) is 77.6 Å². The average Bonchev–Trinajstić information content (AvgIpc) is 2.52. The lowest BCUT2D eigenvalue weighted by Gasteiger charge is -2.05. The second-order valence-electron chi connectivity index (χ2n) is 5.46. The molecule has 0 saturated heterocycles. The summed E-state index contributed by atoms with van der Waals surface area (Å²) in [5.41, 5.74) is 0. The maximum Gasteiger partial charge on any atom is 0.305 e. The van der Waals surface area contributed by atoms with Crippen molar-refractivity contribution in [3.63, 3.8) is 0 Å². The third-order valence-corrected chi connectivity index (χ3v) is 3.54. The van der Waals surface area contributed by atoms with Crippen molar-refractivity contribution in [2.45, 2.75) is 77.6 Å². The minimum Gasteiger partial charge on any atom is -0.466 e. The quantitative estimate of drug-likeness (QED) is 0.249. The number of ether oxygens (including phenoxy) is 2. The van der Waals surface area contributed by atoms with E-state index in [1.807, 2.05) is 6.92 Å². The Hall–Kier alpha value is -0.770. The molecule has 0 atom stereocenters. The molecular formula is C17H31ClO4. The summed E-state index contributed by atoms with van der Waals surface area (Å²) in [6.07, 6.45) is 9.64. The van der Waals surface area contributed by atoms with Gasteiger partial charge in [-0.15, -0.1) is 11.6 Å². The summed E-state index contributed by atoms with van der Waals surface area (Å²) in [5, 5.41) is 0. The number of hydrogen-bond donors (Lipinski definition) is 0. The van der Waals surface area contributed by atoms with Crippen LogP contribution in [-0.4, -0.2) is 31.0 Å². The van der Waals surface area contributed by atoms with Crippen LogP contribution in [-0.2, 0) is 19.1 Å². The zero-order valence-corrected chi connectivity index (χ0v) is 14.7. The molecule has 22 heavy (non-hydrogen) atoms. The van der Waals surface area contributed by atoms with Gasteiger partial charge in [-0.1, -0.05) is 32.6 Å². The zero-order valence-electron chi connectivity index (χ0n) is 13.9. The molecule has 0 aromatic carbocycles. The molecule has 0 spiro atoms. The van der Waals surface area contributed by atoms with Gasteiger partial charge >= 0.3 is 11.9 Å². The number of halogens is 1. The fraction of sp³-hybridized carbons (Fsp3) is 0.882. The van der Waals surface area contributed by atoms with Crippen LogP contribution in [0.2, 0.25) is 0 Å². The summed E-state index contributed by atoms with van der Waals surface area (Å²) in [6.45, 7) is 2.95. The maximum absolute atomic E-state index is 11.5. The van der Waals surface area contributed by atoms with Crippen LogP contribution >= 0.6 is 11.6 Å². The maximum atomic E-state index is 11.5. The van der Waals surface area contributed by atoms with Gasteiger partial charge in [0.05, 0.1) is 13.2 Å². The van der Waals surface area contributed by atoms with Crippen LogP contribution < -0.4 is 0 Å². The van der Waals surface area contributed by atoms with Gasteiger partial charge in [0.2, 0.25) is 0 Å². The van der Waals surface area contributed by atoms with Crippen molar-refractivity contribution in [1.29, 1.82) is 0 Å². The number of rotatable bonds is 15. The summed E-state index contributed by atoms with van der Waals surface area (Å²) in [5.74, 6) is 0.405. The van der Waals surface area contributed by atoms with Crippen LogP contribution in [0.3, 0.4) is 0 Å². The summed E-state index contributed by atoms with van der Waals surface area (Å²) < 4.78 is 10.1. The van der Waals surface area contributed by atoms with Crippen molar-refractivity contribution >= 4 is 23.5 Å². The van der Waals surface area contributed by atoms with Gasteiger partial charge in [0.15, 0.2) is 0 Å². The van der Waals surface area contributed by atoms with Crippen molar-refractivity contribution in [3.05, 3.63) is 0 Å². The van der Waals surface area contributed by atoms with E-state index in [0.717, 1.165) is 31.6 Å². The lowest BCUT2D eigenvalue weighted by molar-refractivity contribution is -0.146. The Balaban J connectivity index is 3.27. The van der Waals surface area contributed by atoms with Crippen molar-refractivity contribution in [1.82, 2.24) is 0 Å². The van der Waals surface area contributed by atoms with E-state index in [1.165, 1.54) is 19.3 Å². The Bertz CT molecular complexity index is 282. The Morgan fingerprint density at radius 3 is 1.77 bits per heavy atom. The van der Waals surface area contributed by atoms with Crippen LogP contribution in [0.5, 0.6) is 0 Å². The molecule has 0 aliphatic heterocycles. The van der Waals surface area contributed by atoms with E-state index in [0.29, 0.717) is 38.9 Å². The molecule has 0 saturated carbocycles. The molecule has 0 unspecified atom stereocenters. The fourth-order valence-corrected chi connectivity index (χ4v) is 2.18. The molecule has 5 heteroatoms. The fourth-order valence-electron chi connectivity index (χ4n) is 1.99. The minimum absolute atomic E-state index is 0.163. The SMILES string of the molecule is CCCOC(=O)CCCCC(=O)OCCCCCCCCCl. The van der Waals surface area contributed by atoms with Crippen molar-refractivity contribution < 1.29 is 19.1 Å². The van der Waals surface area contributed by atoms with Gasteiger partial charge in [-0.25, -0.2) is 0 Å². The zero-order chi connectivity index (χ0) is 16.5. The van der Waals surface area contributed by atoms with Gasteiger partial charge in [-0.2, -0.15) is 0 Å². The Morgan fingerprint density at radius 2 is 1.23 bits per heavy atom. The summed E-state index contributed by atoms with van der Waals surface area (Å²) in [7, 11) is 0. The highest BCUT2D eigenvalue weighted by molar-refractivity contribution is 6.17. The molecule has 0 heterocycles. The first-order valence-corrected chi connectivity index (χ1v) is 9.11. The molecule has 0 fully saturated rings. The van der Waals surface area contributed by atoms with Gasteiger partial charge in [-0.05, 0) is 32.1 Å². The van der Waals surface area contributed by atoms with Crippen LogP contribution in [0.25, 0.3) is 0 Å². The Morgan fingerprint density at radius 1 is 0.727 bits per heavy atom. The largest absolute Gasteiger partial charge is 0.466 e. The van der Waals surface area contributed by atoms with Gasteiger partial charge in [0.25, 0.3) is 0 Å². The lowest BCUT2D eigenvalue weighted by Crippen LogP contribution is -2.07. The third-order valence-electron chi connectivity index (χ3n) is 3.27. The predicted molar refractivity (Wildman–Crippen MR) is 89.1 cm³/mol. The molecule has 0 radical (unpaired) electrons. The van der Waals surface area contributed by atoms with E-state index in [4.69, 9.17) is 21.1 Å². The standard InChI is InChI=1S/C17H31ClO4/c1-2-14-21-16(19)11-7-8-12-17(20)22-15-10-6-4-3-5-9-13-18/h2-15H2,1H3. The summed E-state index contributed by atoms with van der Waals surface area (Å²) in [6, 6.07) is 0. The highest BCUT2D eigenvalue weighted by Crippen LogP contribution is 2.07. The van der Waals surface area contributed by atoms with Crippen molar-refractivity contribution in [3.8, 4) is 0 Å². The summed E-state index contributed by atoms with van der Waals surface area (Å²) >= 11 is 5.61. The molecule has 0 amide bonds. The number of esters is 2. The first kappa shape index (κ1) is 21.2. The second-order valence-corrected chi connectivity index (χ2v) is 5.84. The Labute approximate surface area is 139 Å². The number of hydrogen-bond acceptors (Lipinski definition) is 4. The van der Waals surface area contributed by atoms with Crippen LogP contribution in [0, 0.1) is 0 Å². The van der Waals surface area contributed by atoms with Gasteiger partial charge in [-0.3, -0.25) is 9.59 Å². The molecule has 0 aliphatic rings. The molecule has 0 aliphatic carbocycles. The molecule has 4 nitrogen and oxygen atoms in total. The van der Waals surface area contributed by atoms with Gasteiger partial charge < -0.3 is 9.47 Å². The monoisotopic (exact) mass is 334 g/mol. The Kier molecular flexibility index (Phi) is 16.0. The van der Waals surface area contributed by atoms with E-state index >= 15 is 0 Å². The molecular weight excluding hydrogens is 304 g/mol. The van der Waals surface area contributed by atoms with Crippen LogP contribution in [0.15, 0.2) is 0 Å². The van der Waals surface area contributed by atoms with Crippen molar-refractivity contribution in [2.75, 3.05) is 19.1 Å². The highest BCUT2D eigenvalue weighted by atomic mass is 35.5. The number of carbonyl (C=O) groups is 2. The topological polar surface area (TPSA) is 52.6 Å². The molecule has 0 bridgehead atoms. The van der Waals surface area contributed by atoms with Crippen molar-refractivity contribution in [2.24, 2.45) is 0 Å². The van der Waals surface area contributed by atoms with Gasteiger partial charge in [0, 0.05) is 18.7 Å². The number of alkyl halides is 1.